The molecule has 0 bridgehead atoms. The molecule has 1 aliphatic carbocycles. The Hall–Kier alpha value is -2.88. The molecular weight excluding hydrogens is 310 g/mol. The van der Waals surface area contributed by atoms with E-state index in [4.69, 9.17) is 0 Å². The molecule has 2 atom stereocenters. The minimum atomic E-state index is 0.0574. The summed E-state index contributed by atoms with van der Waals surface area (Å²) in [6.07, 6.45) is 0.916. The van der Waals surface area contributed by atoms with E-state index >= 15 is 0 Å². The van der Waals surface area contributed by atoms with Crippen LogP contribution < -0.4 is 5.32 Å². The van der Waals surface area contributed by atoms with E-state index in [9.17, 15) is 4.79 Å². The molecule has 0 radical (unpaired) electrons. The molecule has 1 saturated carbocycles. The number of aryl methyl sites for hydroxylation is 1. The maximum absolute atomic E-state index is 12.5. The lowest BCUT2D eigenvalue weighted by atomic mass is 10.1. The van der Waals surface area contributed by atoms with E-state index in [0.717, 1.165) is 12.1 Å². The second kappa shape index (κ2) is 6.55. The van der Waals surface area contributed by atoms with Crippen molar-refractivity contribution in [2.75, 3.05) is 5.32 Å². The van der Waals surface area contributed by atoms with Crippen LogP contribution in [0.15, 0.2) is 66.7 Å². The van der Waals surface area contributed by atoms with Crippen molar-refractivity contribution < 1.29 is 4.79 Å². The number of amides is 1. The molecule has 4 rings (SSSR count). The maximum Gasteiger partial charge on any atom is 0.229 e. The lowest BCUT2D eigenvalue weighted by Crippen LogP contribution is -2.15. The molecule has 1 heterocycles. The number of benzene rings is 2. The topological polar surface area (TPSA) is 46.9 Å². The lowest BCUT2D eigenvalue weighted by molar-refractivity contribution is -0.117. The summed E-state index contributed by atoms with van der Waals surface area (Å²) in [5, 5.41) is 7.52. The van der Waals surface area contributed by atoms with Crippen molar-refractivity contribution in [1.82, 2.24) is 9.78 Å². The molecule has 0 spiro atoms. The normalized spacial score (nSPS) is 18.8. The highest BCUT2D eigenvalue weighted by atomic mass is 16.2. The number of rotatable bonds is 5. The van der Waals surface area contributed by atoms with Gasteiger partial charge in [-0.1, -0.05) is 60.7 Å². The minimum absolute atomic E-state index is 0.0574. The van der Waals surface area contributed by atoms with Gasteiger partial charge in [-0.05, 0) is 30.4 Å². The van der Waals surface area contributed by atoms with Gasteiger partial charge in [-0.2, -0.15) is 5.10 Å². The molecule has 0 saturated heterocycles. The van der Waals surface area contributed by atoms with Gasteiger partial charge in [0.25, 0.3) is 0 Å². The van der Waals surface area contributed by atoms with Crippen LogP contribution in [-0.4, -0.2) is 15.7 Å². The van der Waals surface area contributed by atoms with E-state index in [0.29, 0.717) is 18.3 Å². The van der Waals surface area contributed by atoms with Crippen LogP contribution in [0.2, 0.25) is 0 Å². The van der Waals surface area contributed by atoms with Gasteiger partial charge >= 0.3 is 0 Å². The van der Waals surface area contributed by atoms with Gasteiger partial charge in [0.1, 0.15) is 0 Å². The first-order chi connectivity index (χ1) is 12.2. The van der Waals surface area contributed by atoms with Gasteiger partial charge in [0, 0.05) is 17.7 Å². The zero-order valence-electron chi connectivity index (χ0n) is 14.2. The summed E-state index contributed by atoms with van der Waals surface area (Å²) in [6.45, 7) is 2.72. The van der Waals surface area contributed by atoms with Crippen LogP contribution in [0.3, 0.4) is 0 Å². The van der Waals surface area contributed by atoms with Gasteiger partial charge in [0.2, 0.25) is 5.91 Å². The standard InChI is InChI=1S/C21H21N3O/c1-15-12-20(23-24(15)14-16-8-4-2-5-9-16)22-21(25)19-13-18(19)17-10-6-3-7-11-17/h2-12,18-19H,13-14H2,1H3,(H,22,23,25). The van der Waals surface area contributed by atoms with Crippen LogP contribution in [-0.2, 0) is 11.3 Å². The second-order valence-corrected chi connectivity index (χ2v) is 6.66. The van der Waals surface area contributed by atoms with Gasteiger partial charge in [-0.3, -0.25) is 9.48 Å². The Morgan fingerprint density at radius 1 is 1.12 bits per heavy atom. The molecule has 4 heteroatoms. The molecule has 1 amide bonds. The van der Waals surface area contributed by atoms with Gasteiger partial charge in [-0.15, -0.1) is 0 Å². The lowest BCUT2D eigenvalue weighted by Gasteiger charge is -2.04. The number of carbonyl (C=O) groups excluding carboxylic acids is 1. The largest absolute Gasteiger partial charge is 0.309 e. The highest BCUT2D eigenvalue weighted by Crippen LogP contribution is 2.47. The monoisotopic (exact) mass is 331 g/mol. The van der Waals surface area contributed by atoms with E-state index < -0.39 is 0 Å². The van der Waals surface area contributed by atoms with Crippen molar-refractivity contribution in [2.24, 2.45) is 5.92 Å². The average molecular weight is 331 g/mol. The number of hydrogen-bond donors (Lipinski definition) is 1. The molecule has 25 heavy (non-hydrogen) atoms. The summed E-state index contributed by atoms with van der Waals surface area (Å²) in [5.41, 5.74) is 3.47. The third kappa shape index (κ3) is 3.48. The molecule has 2 unspecified atom stereocenters. The molecular formula is C21H21N3O. The van der Waals surface area contributed by atoms with E-state index in [1.165, 1.54) is 11.1 Å². The van der Waals surface area contributed by atoms with Gasteiger partial charge in [-0.25, -0.2) is 0 Å². The van der Waals surface area contributed by atoms with Crippen molar-refractivity contribution in [3.63, 3.8) is 0 Å². The first-order valence-electron chi connectivity index (χ1n) is 8.65. The zero-order valence-corrected chi connectivity index (χ0v) is 14.2. The number of aromatic nitrogens is 2. The predicted octanol–water partition coefficient (Wildman–Crippen LogP) is 3.98. The molecule has 1 N–H and O–H groups in total. The van der Waals surface area contributed by atoms with Crippen LogP contribution in [0.25, 0.3) is 0 Å². The maximum atomic E-state index is 12.5. The summed E-state index contributed by atoms with van der Waals surface area (Å²) in [4.78, 5) is 12.5. The van der Waals surface area contributed by atoms with Gasteiger partial charge < -0.3 is 5.32 Å². The third-order valence-corrected chi connectivity index (χ3v) is 4.76. The summed E-state index contributed by atoms with van der Waals surface area (Å²) < 4.78 is 1.92. The van der Waals surface area contributed by atoms with E-state index in [2.05, 4.69) is 34.7 Å². The van der Waals surface area contributed by atoms with Crippen LogP contribution in [0.1, 0.15) is 29.2 Å². The minimum Gasteiger partial charge on any atom is -0.309 e. The summed E-state index contributed by atoms with van der Waals surface area (Å²) in [7, 11) is 0. The highest BCUT2D eigenvalue weighted by molar-refractivity contribution is 5.94. The number of hydrogen-bond acceptors (Lipinski definition) is 2. The number of anilines is 1. The molecule has 1 aromatic heterocycles. The number of carbonyl (C=O) groups is 1. The van der Waals surface area contributed by atoms with Gasteiger partial charge in [0.15, 0.2) is 5.82 Å². The molecule has 1 aliphatic rings. The fraction of sp³-hybridized carbons (Fsp3) is 0.238. The van der Waals surface area contributed by atoms with Crippen molar-refractivity contribution in [3.05, 3.63) is 83.6 Å². The number of nitrogens with one attached hydrogen (secondary N) is 1. The van der Waals surface area contributed by atoms with Crippen molar-refractivity contribution in [1.29, 1.82) is 0 Å². The molecule has 2 aromatic carbocycles. The predicted molar refractivity (Wildman–Crippen MR) is 98.4 cm³/mol. The Labute approximate surface area is 147 Å². The SMILES string of the molecule is Cc1cc(NC(=O)C2CC2c2ccccc2)nn1Cc1ccccc1. The fourth-order valence-corrected chi connectivity index (χ4v) is 3.26. The fourth-order valence-electron chi connectivity index (χ4n) is 3.26. The Morgan fingerprint density at radius 2 is 1.80 bits per heavy atom. The van der Waals surface area contributed by atoms with Crippen LogP contribution in [0.4, 0.5) is 5.82 Å². The molecule has 4 nitrogen and oxygen atoms in total. The number of nitrogens with zero attached hydrogens (tertiary/aromatic N) is 2. The smallest absolute Gasteiger partial charge is 0.229 e. The Bertz CT molecular complexity index is 871. The zero-order chi connectivity index (χ0) is 17.2. The highest BCUT2D eigenvalue weighted by Gasteiger charge is 2.43. The quantitative estimate of drug-likeness (QED) is 0.768. The van der Waals surface area contributed by atoms with Crippen LogP contribution in [0.5, 0.6) is 0 Å². The van der Waals surface area contributed by atoms with Crippen LogP contribution >= 0.6 is 0 Å². The third-order valence-electron chi connectivity index (χ3n) is 4.76. The Balaban J connectivity index is 1.40. The van der Waals surface area contributed by atoms with Gasteiger partial charge in [0.05, 0.1) is 6.54 Å². The molecule has 126 valence electrons. The molecule has 3 aromatic rings. The second-order valence-electron chi connectivity index (χ2n) is 6.66. The van der Waals surface area contributed by atoms with E-state index in [-0.39, 0.29) is 11.8 Å². The molecule has 1 fully saturated rings. The van der Waals surface area contributed by atoms with E-state index in [1.54, 1.807) is 0 Å². The van der Waals surface area contributed by atoms with E-state index in [1.807, 2.05) is 54.1 Å². The summed E-state index contributed by atoms with van der Waals surface area (Å²) in [6, 6.07) is 22.4. The Kier molecular flexibility index (Phi) is 4.10. The van der Waals surface area contributed by atoms with Crippen molar-refractivity contribution >= 4 is 11.7 Å². The summed E-state index contributed by atoms with van der Waals surface area (Å²) >= 11 is 0. The van der Waals surface area contributed by atoms with Crippen molar-refractivity contribution in [3.8, 4) is 0 Å². The van der Waals surface area contributed by atoms with Crippen LogP contribution in [0, 0.1) is 12.8 Å². The Morgan fingerprint density at radius 3 is 2.52 bits per heavy atom. The first kappa shape index (κ1) is 15.6. The van der Waals surface area contributed by atoms with Crippen molar-refractivity contribution in [2.45, 2.75) is 25.8 Å². The molecule has 0 aliphatic heterocycles. The average Bonchev–Trinajstić information content (AvgIpc) is 3.37. The first-order valence-corrected chi connectivity index (χ1v) is 8.65. The summed E-state index contributed by atoms with van der Waals surface area (Å²) in [5.74, 6) is 1.10.